The van der Waals surface area contributed by atoms with Crippen molar-refractivity contribution in [1.82, 2.24) is 5.32 Å². The molecule has 4 rings (SSSR count). The van der Waals surface area contributed by atoms with Gasteiger partial charge in [-0.2, -0.15) is 13.2 Å². The summed E-state index contributed by atoms with van der Waals surface area (Å²) in [5.74, 6) is -2.68. The molecule has 1 fully saturated rings. The molecular weight excluding hydrogens is 483 g/mol. The Balaban J connectivity index is 1.51. The maximum atomic E-state index is 13.5. The van der Waals surface area contributed by atoms with Crippen molar-refractivity contribution in [3.63, 3.8) is 0 Å². The van der Waals surface area contributed by atoms with Crippen LogP contribution in [0.3, 0.4) is 0 Å². The molecule has 0 bridgehead atoms. The van der Waals surface area contributed by atoms with E-state index in [0.717, 1.165) is 12.1 Å². The third kappa shape index (κ3) is 5.59. The van der Waals surface area contributed by atoms with Gasteiger partial charge in [-0.15, -0.1) is 0 Å². The van der Waals surface area contributed by atoms with Crippen molar-refractivity contribution < 1.29 is 47.6 Å². The standard InChI is InChI=1S/C25H22F3NO7/c26-25(27,28)19-4-2-1-3-16(19)20-10-14-6-5-13(9-17(14)23(33)29-20)18-11-15(36-24(18)34)12-35-22(32)8-7-21(30)31/h1-10,15,18,23-24,29,33-34H,11-12H2,(H,30,31)/b8-7-. The van der Waals surface area contributed by atoms with E-state index in [1.54, 1.807) is 18.2 Å². The van der Waals surface area contributed by atoms with E-state index in [-0.39, 0.29) is 24.3 Å². The number of halogens is 3. The van der Waals surface area contributed by atoms with Gasteiger partial charge in [-0.1, -0.05) is 36.4 Å². The highest BCUT2D eigenvalue weighted by atomic mass is 19.4. The normalized spacial score (nSPS) is 23.6. The van der Waals surface area contributed by atoms with E-state index in [9.17, 15) is 33.0 Å². The number of nitrogens with one attached hydrogen (secondary N) is 1. The molecule has 2 aromatic rings. The van der Waals surface area contributed by atoms with E-state index in [1.807, 2.05) is 0 Å². The van der Waals surface area contributed by atoms with Crippen LogP contribution in [0.1, 0.15) is 46.4 Å². The molecule has 8 nitrogen and oxygen atoms in total. The molecule has 4 unspecified atom stereocenters. The number of benzene rings is 2. The lowest BCUT2D eigenvalue weighted by Crippen LogP contribution is -2.25. The van der Waals surface area contributed by atoms with Gasteiger partial charge in [0.1, 0.15) is 6.61 Å². The number of rotatable bonds is 6. The second-order valence-electron chi connectivity index (χ2n) is 8.33. The average molecular weight is 505 g/mol. The molecule has 2 heterocycles. The number of hydrogen-bond donors (Lipinski definition) is 4. The summed E-state index contributed by atoms with van der Waals surface area (Å²) in [6.07, 6.45) is -4.52. The molecule has 11 heteroatoms. The van der Waals surface area contributed by atoms with Crippen LogP contribution in [0.15, 0.2) is 54.6 Å². The van der Waals surface area contributed by atoms with Crippen molar-refractivity contribution in [1.29, 1.82) is 0 Å². The van der Waals surface area contributed by atoms with Gasteiger partial charge in [0.25, 0.3) is 0 Å². The summed E-state index contributed by atoms with van der Waals surface area (Å²) in [7, 11) is 0. The van der Waals surface area contributed by atoms with Crippen LogP contribution in [0.4, 0.5) is 13.2 Å². The van der Waals surface area contributed by atoms with E-state index in [0.29, 0.717) is 22.8 Å². The Morgan fingerprint density at radius 1 is 1.14 bits per heavy atom. The van der Waals surface area contributed by atoms with Crippen molar-refractivity contribution in [2.75, 3.05) is 6.61 Å². The number of fused-ring (bicyclic) bond motifs is 1. The molecule has 0 aliphatic carbocycles. The van der Waals surface area contributed by atoms with Gasteiger partial charge in [0.15, 0.2) is 12.5 Å². The first kappa shape index (κ1) is 25.4. The zero-order valence-corrected chi connectivity index (χ0v) is 18.6. The Kier molecular flexibility index (Phi) is 7.16. The van der Waals surface area contributed by atoms with Crippen LogP contribution in [-0.4, -0.2) is 46.3 Å². The molecule has 0 spiro atoms. The van der Waals surface area contributed by atoms with E-state index in [1.165, 1.54) is 24.3 Å². The van der Waals surface area contributed by atoms with Crippen LogP contribution < -0.4 is 5.32 Å². The summed E-state index contributed by atoms with van der Waals surface area (Å²) in [6.45, 7) is -0.198. The van der Waals surface area contributed by atoms with Crippen molar-refractivity contribution >= 4 is 23.7 Å². The molecule has 0 radical (unpaired) electrons. The van der Waals surface area contributed by atoms with Gasteiger partial charge in [0.05, 0.1) is 11.7 Å². The van der Waals surface area contributed by atoms with Crippen LogP contribution >= 0.6 is 0 Å². The largest absolute Gasteiger partial charge is 0.478 e. The van der Waals surface area contributed by atoms with Gasteiger partial charge in [-0.05, 0) is 29.7 Å². The first-order valence-corrected chi connectivity index (χ1v) is 10.9. The van der Waals surface area contributed by atoms with Crippen LogP contribution in [-0.2, 0) is 25.2 Å². The van der Waals surface area contributed by atoms with Crippen molar-refractivity contribution in [2.45, 2.75) is 37.1 Å². The third-order valence-electron chi connectivity index (χ3n) is 5.91. The maximum absolute atomic E-state index is 13.5. The Morgan fingerprint density at radius 2 is 1.89 bits per heavy atom. The lowest BCUT2D eigenvalue weighted by molar-refractivity contribution is -0.148. The quantitative estimate of drug-likeness (QED) is 0.349. The number of ether oxygens (including phenoxy) is 2. The van der Waals surface area contributed by atoms with E-state index in [2.05, 4.69) is 5.32 Å². The second-order valence-corrected chi connectivity index (χ2v) is 8.33. The number of hydrogen-bond acceptors (Lipinski definition) is 7. The molecule has 190 valence electrons. The fraction of sp³-hybridized carbons (Fsp3) is 0.280. The zero-order valence-electron chi connectivity index (χ0n) is 18.6. The number of aliphatic hydroxyl groups excluding tert-OH is 2. The van der Waals surface area contributed by atoms with Crippen LogP contribution in [0.2, 0.25) is 0 Å². The van der Waals surface area contributed by atoms with Gasteiger partial charge in [-0.3, -0.25) is 0 Å². The number of aliphatic carboxylic acids is 1. The molecule has 4 atom stereocenters. The molecular formula is C25H22F3NO7. The Bertz CT molecular complexity index is 1220. The topological polar surface area (TPSA) is 125 Å². The summed E-state index contributed by atoms with van der Waals surface area (Å²) < 4.78 is 50.7. The number of carbonyl (C=O) groups excluding carboxylic acids is 1. The number of carboxylic acids is 1. The summed E-state index contributed by atoms with van der Waals surface area (Å²) >= 11 is 0. The lowest BCUT2D eigenvalue weighted by Gasteiger charge is -2.27. The van der Waals surface area contributed by atoms with Crippen LogP contribution in [0.5, 0.6) is 0 Å². The van der Waals surface area contributed by atoms with Crippen molar-refractivity contribution in [3.05, 3.63) is 82.4 Å². The van der Waals surface area contributed by atoms with Gasteiger partial charge < -0.3 is 30.1 Å². The summed E-state index contributed by atoms with van der Waals surface area (Å²) in [5, 5.41) is 32.3. The number of carboxylic acid groups (broad SMARTS) is 1. The molecule has 2 aliphatic rings. The van der Waals surface area contributed by atoms with Crippen molar-refractivity contribution in [2.24, 2.45) is 0 Å². The first-order chi connectivity index (χ1) is 17.0. The minimum absolute atomic E-state index is 0.0889. The highest BCUT2D eigenvalue weighted by molar-refractivity contribution is 5.90. The fourth-order valence-electron chi connectivity index (χ4n) is 4.25. The highest BCUT2D eigenvalue weighted by Crippen LogP contribution is 2.40. The molecule has 36 heavy (non-hydrogen) atoms. The third-order valence-corrected chi connectivity index (χ3v) is 5.91. The zero-order chi connectivity index (χ0) is 26.0. The van der Waals surface area contributed by atoms with E-state index in [4.69, 9.17) is 14.6 Å². The molecule has 2 aromatic carbocycles. The maximum Gasteiger partial charge on any atom is 0.417 e. The average Bonchev–Trinajstić information content (AvgIpc) is 3.21. The van der Waals surface area contributed by atoms with Gasteiger partial charge in [0, 0.05) is 34.9 Å². The monoisotopic (exact) mass is 505 g/mol. The van der Waals surface area contributed by atoms with Crippen molar-refractivity contribution in [3.8, 4) is 0 Å². The predicted octanol–water partition coefficient (Wildman–Crippen LogP) is 3.17. The van der Waals surface area contributed by atoms with Gasteiger partial charge in [0.2, 0.25) is 0 Å². The molecule has 0 aromatic heterocycles. The lowest BCUT2D eigenvalue weighted by atomic mass is 9.89. The molecule has 0 saturated carbocycles. The Labute approximate surface area is 203 Å². The highest BCUT2D eigenvalue weighted by Gasteiger charge is 2.37. The molecule has 4 N–H and O–H groups in total. The van der Waals surface area contributed by atoms with E-state index >= 15 is 0 Å². The summed E-state index contributed by atoms with van der Waals surface area (Å²) in [4.78, 5) is 22.0. The number of alkyl halides is 3. The van der Waals surface area contributed by atoms with Gasteiger partial charge in [-0.25, -0.2) is 9.59 Å². The first-order valence-electron chi connectivity index (χ1n) is 10.9. The summed E-state index contributed by atoms with van der Waals surface area (Å²) in [6, 6.07) is 10.0. The van der Waals surface area contributed by atoms with Gasteiger partial charge >= 0.3 is 18.1 Å². The molecule has 0 amide bonds. The smallest absolute Gasteiger partial charge is 0.417 e. The Hall–Kier alpha value is -3.67. The summed E-state index contributed by atoms with van der Waals surface area (Å²) in [5.41, 5.74) is 0.761. The minimum Gasteiger partial charge on any atom is -0.478 e. The fourth-order valence-corrected chi connectivity index (χ4v) is 4.25. The second kappa shape index (κ2) is 10.1. The predicted molar refractivity (Wildman–Crippen MR) is 120 cm³/mol. The number of carbonyl (C=O) groups is 2. The minimum atomic E-state index is -4.57. The SMILES string of the molecule is O=C(O)/C=C\C(=O)OCC1CC(c2ccc3c(c2)C(O)NC(c2ccccc2C(F)(F)F)=C3)C(O)O1. The van der Waals surface area contributed by atoms with Crippen LogP contribution in [0.25, 0.3) is 11.8 Å². The molecule has 1 saturated heterocycles. The van der Waals surface area contributed by atoms with E-state index < -0.39 is 48.2 Å². The molecule has 2 aliphatic heterocycles. The van der Waals surface area contributed by atoms with Crippen LogP contribution in [0, 0.1) is 0 Å². The number of aliphatic hydroxyl groups is 2. The number of esters is 1. The Morgan fingerprint density at radius 3 is 2.61 bits per heavy atom.